The van der Waals surface area contributed by atoms with E-state index in [1.807, 2.05) is 0 Å². The molecule has 1 aromatic heterocycles. The van der Waals surface area contributed by atoms with Crippen LogP contribution in [0.15, 0.2) is 6.20 Å². The zero-order chi connectivity index (χ0) is 7.84. The zero-order valence-electron chi connectivity index (χ0n) is 5.88. The number of carbonyl (C=O) groups excluding carboxylic acids is 1. The van der Waals surface area contributed by atoms with Crippen LogP contribution in [0.1, 0.15) is 28.9 Å². The molecule has 0 radical (unpaired) electrons. The molecule has 1 heterocycles. The molecule has 0 saturated carbocycles. The molecule has 1 aliphatic carbocycles. The van der Waals surface area contributed by atoms with E-state index >= 15 is 0 Å². The first-order valence-electron chi connectivity index (χ1n) is 3.55. The summed E-state index contributed by atoms with van der Waals surface area (Å²) < 4.78 is 1.15. The summed E-state index contributed by atoms with van der Waals surface area (Å²) in [5.41, 5.74) is 1.56. The standard InChI is InChI=1S/C7H7ClN2O/c8-10-7-5(4-9-10)2-1-3-6(7)11/h4H,1-3H2. The number of hydrogen-bond acceptors (Lipinski definition) is 2. The second kappa shape index (κ2) is 2.34. The highest BCUT2D eigenvalue weighted by Crippen LogP contribution is 2.20. The number of fused-ring (bicyclic) bond motifs is 1. The molecule has 0 unspecified atom stereocenters. The predicted molar refractivity (Wildman–Crippen MR) is 40.7 cm³/mol. The summed E-state index contributed by atoms with van der Waals surface area (Å²) in [6.07, 6.45) is 4.12. The van der Waals surface area contributed by atoms with Crippen molar-refractivity contribution in [2.75, 3.05) is 0 Å². The Morgan fingerprint density at radius 2 is 2.36 bits per heavy atom. The van der Waals surface area contributed by atoms with Gasteiger partial charge in [-0.05, 0) is 12.8 Å². The second-order valence-corrected chi connectivity index (χ2v) is 2.98. The fraction of sp³-hybridized carbons (Fsp3) is 0.429. The van der Waals surface area contributed by atoms with Gasteiger partial charge >= 0.3 is 0 Å². The van der Waals surface area contributed by atoms with Crippen LogP contribution in [0.4, 0.5) is 0 Å². The fourth-order valence-corrected chi connectivity index (χ4v) is 1.63. The third-order valence-corrected chi connectivity index (χ3v) is 2.17. The Hall–Kier alpha value is -0.830. The highest BCUT2D eigenvalue weighted by atomic mass is 35.5. The van der Waals surface area contributed by atoms with Gasteiger partial charge in [-0.1, -0.05) is 0 Å². The lowest BCUT2D eigenvalue weighted by atomic mass is 9.97. The zero-order valence-corrected chi connectivity index (χ0v) is 6.64. The molecule has 0 aromatic carbocycles. The van der Waals surface area contributed by atoms with Crippen molar-refractivity contribution < 1.29 is 4.79 Å². The minimum absolute atomic E-state index is 0.110. The molecular weight excluding hydrogens is 164 g/mol. The first kappa shape index (κ1) is 6.85. The smallest absolute Gasteiger partial charge is 0.182 e. The van der Waals surface area contributed by atoms with E-state index in [9.17, 15) is 4.79 Å². The number of carbonyl (C=O) groups is 1. The summed E-state index contributed by atoms with van der Waals surface area (Å²) >= 11 is 5.64. The Kier molecular flexibility index (Phi) is 1.46. The lowest BCUT2D eigenvalue weighted by Gasteiger charge is -2.08. The van der Waals surface area contributed by atoms with Crippen molar-refractivity contribution in [1.82, 2.24) is 9.30 Å². The van der Waals surface area contributed by atoms with Crippen molar-refractivity contribution in [3.05, 3.63) is 17.5 Å². The normalized spacial score (nSPS) is 16.6. The topological polar surface area (TPSA) is 34.9 Å². The molecule has 0 N–H and O–H groups in total. The van der Waals surface area contributed by atoms with Gasteiger partial charge in [-0.3, -0.25) is 4.79 Å². The minimum Gasteiger partial charge on any atom is -0.292 e. The van der Waals surface area contributed by atoms with Gasteiger partial charge in [0.15, 0.2) is 5.78 Å². The lowest BCUT2D eigenvalue weighted by molar-refractivity contribution is 0.0966. The summed E-state index contributed by atoms with van der Waals surface area (Å²) in [5, 5.41) is 3.81. The van der Waals surface area contributed by atoms with Crippen LogP contribution in [0, 0.1) is 0 Å². The van der Waals surface area contributed by atoms with Crippen LogP contribution >= 0.6 is 11.8 Å². The predicted octanol–water partition coefficient (Wildman–Crippen LogP) is 1.40. The first-order chi connectivity index (χ1) is 5.29. The molecule has 0 bridgehead atoms. The summed E-state index contributed by atoms with van der Waals surface area (Å²) in [4.78, 5) is 11.2. The summed E-state index contributed by atoms with van der Waals surface area (Å²) in [5.74, 6) is 0.110. The van der Waals surface area contributed by atoms with E-state index in [-0.39, 0.29) is 5.78 Å². The van der Waals surface area contributed by atoms with Gasteiger partial charge in [0.1, 0.15) is 5.69 Å². The Balaban J connectivity index is 2.56. The number of rotatable bonds is 0. The van der Waals surface area contributed by atoms with Gasteiger partial charge < -0.3 is 0 Å². The molecule has 58 valence electrons. The van der Waals surface area contributed by atoms with E-state index in [4.69, 9.17) is 11.8 Å². The van der Waals surface area contributed by atoms with Crippen molar-refractivity contribution in [2.24, 2.45) is 0 Å². The van der Waals surface area contributed by atoms with Gasteiger partial charge in [0.05, 0.1) is 6.20 Å². The van der Waals surface area contributed by atoms with E-state index in [1.54, 1.807) is 6.20 Å². The number of aromatic nitrogens is 2. The maximum Gasteiger partial charge on any atom is 0.182 e. The van der Waals surface area contributed by atoms with E-state index in [0.717, 1.165) is 22.6 Å². The SMILES string of the molecule is O=C1CCCc2cnn(Cl)c21. The van der Waals surface area contributed by atoms with E-state index in [2.05, 4.69) is 5.10 Å². The van der Waals surface area contributed by atoms with E-state index in [1.165, 1.54) is 0 Å². The van der Waals surface area contributed by atoms with Gasteiger partial charge in [0, 0.05) is 23.8 Å². The number of ketones is 1. The molecule has 0 spiro atoms. The fourth-order valence-electron chi connectivity index (χ4n) is 1.38. The van der Waals surface area contributed by atoms with Crippen molar-refractivity contribution in [3.63, 3.8) is 0 Å². The molecule has 0 fully saturated rings. The number of halogens is 1. The van der Waals surface area contributed by atoms with Crippen molar-refractivity contribution in [1.29, 1.82) is 0 Å². The molecule has 11 heavy (non-hydrogen) atoms. The van der Waals surface area contributed by atoms with Crippen LogP contribution in [0.3, 0.4) is 0 Å². The van der Waals surface area contributed by atoms with Gasteiger partial charge in [-0.2, -0.15) is 9.30 Å². The average molecular weight is 171 g/mol. The van der Waals surface area contributed by atoms with Crippen LogP contribution < -0.4 is 0 Å². The molecule has 0 saturated heterocycles. The average Bonchev–Trinajstić information content (AvgIpc) is 2.34. The summed E-state index contributed by atoms with van der Waals surface area (Å²) in [6, 6.07) is 0. The maximum absolute atomic E-state index is 11.2. The molecule has 2 rings (SSSR count). The van der Waals surface area contributed by atoms with Gasteiger partial charge in [-0.15, -0.1) is 0 Å². The Labute approximate surface area is 69.1 Å². The van der Waals surface area contributed by atoms with Crippen LogP contribution in [0.5, 0.6) is 0 Å². The Bertz CT molecular complexity index is 305. The highest BCUT2D eigenvalue weighted by Gasteiger charge is 2.21. The van der Waals surface area contributed by atoms with Gasteiger partial charge in [0.2, 0.25) is 0 Å². The third-order valence-electron chi connectivity index (χ3n) is 1.92. The number of aryl methyl sites for hydroxylation is 1. The van der Waals surface area contributed by atoms with Crippen LogP contribution in [0.2, 0.25) is 0 Å². The second-order valence-electron chi connectivity index (χ2n) is 2.66. The molecule has 0 aliphatic heterocycles. The molecule has 0 atom stereocenters. The van der Waals surface area contributed by atoms with Crippen LogP contribution in [0.25, 0.3) is 0 Å². The maximum atomic E-state index is 11.2. The molecule has 0 amide bonds. The minimum atomic E-state index is 0.110. The largest absolute Gasteiger partial charge is 0.292 e. The van der Waals surface area contributed by atoms with Crippen molar-refractivity contribution >= 4 is 17.6 Å². The Morgan fingerprint density at radius 3 is 3.09 bits per heavy atom. The molecule has 1 aromatic rings. The van der Waals surface area contributed by atoms with Crippen LogP contribution in [-0.4, -0.2) is 15.1 Å². The summed E-state index contributed by atoms with van der Waals surface area (Å²) in [6.45, 7) is 0. The van der Waals surface area contributed by atoms with Crippen LogP contribution in [-0.2, 0) is 6.42 Å². The van der Waals surface area contributed by atoms with Gasteiger partial charge in [0.25, 0.3) is 0 Å². The molecule has 4 heteroatoms. The monoisotopic (exact) mass is 170 g/mol. The molecular formula is C7H7ClN2O. The lowest BCUT2D eigenvalue weighted by Crippen LogP contribution is -2.11. The number of Topliss-reactive ketones (excluding diaryl/α,β-unsaturated/α-hetero) is 1. The highest BCUT2D eigenvalue weighted by molar-refractivity contribution is 6.18. The first-order valence-corrected chi connectivity index (χ1v) is 3.89. The van der Waals surface area contributed by atoms with Gasteiger partial charge in [-0.25, -0.2) is 0 Å². The summed E-state index contributed by atoms with van der Waals surface area (Å²) in [7, 11) is 0. The van der Waals surface area contributed by atoms with Crippen molar-refractivity contribution in [2.45, 2.75) is 19.3 Å². The Morgan fingerprint density at radius 1 is 1.55 bits per heavy atom. The number of nitrogens with zero attached hydrogens (tertiary/aromatic N) is 2. The van der Waals surface area contributed by atoms with E-state index in [0.29, 0.717) is 12.1 Å². The van der Waals surface area contributed by atoms with Crippen molar-refractivity contribution in [3.8, 4) is 0 Å². The third kappa shape index (κ3) is 0.959. The number of hydrogen-bond donors (Lipinski definition) is 0. The quantitative estimate of drug-likeness (QED) is 0.590. The van der Waals surface area contributed by atoms with E-state index < -0.39 is 0 Å². The molecule has 3 nitrogen and oxygen atoms in total. The molecule has 1 aliphatic rings.